The Morgan fingerprint density at radius 3 is 2.71 bits per heavy atom. The van der Waals surface area contributed by atoms with Crippen LogP contribution in [0.4, 0.5) is 0 Å². The van der Waals surface area contributed by atoms with Crippen LogP contribution in [-0.2, 0) is 4.74 Å². The smallest absolute Gasteiger partial charge is 0.0608 e. The molecule has 17 heavy (non-hydrogen) atoms. The van der Waals surface area contributed by atoms with E-state index in [1.807, 2.05) is 0 Å². The first-order chi connectivity index (χ1) is 8.16. The molecule has 2 rings (SSSR count). The highest BCUT2D eigenvalue weighted by Gasteiger charge is 2.32. The monoisotopic (exact) mass is 239 g/mol. The van der Waals surface area contributed by atoms with Crippen LogP contribution in [0.2, 0.25) is 0 Å². The van der Waals surface area contributed by atoms with Gasteiger partial charge in [-0.05, 0) is 49.5 Å². The van der Waals surface area contributed by atoms with Gasteiger partial charge in [-0.25, -0.2) is 0 Å². The molecule has 1 aliphatic carbocycles. The highest BCUT2D eigenvalue weighted by Crippen LogP contribution is 2.35. The lowest BCUT2D eigenvalue weighted by Crippen LogP contribution is -2.35. The van der Waals surface area contributed by atoms with E-state index in [0.717, 1.165) is 36.8 Å². The lowest BCUT2D eigenvalue weighted by Gasteiger charge is -2.37. The molecule has 1 saturated carbocycles. The van der Waals surface area contributed by atoms with Crippen LogP contribution < -0.4 is 5.32 Å². The van der Waals surface area contributed by atoms with E-state index in [-0.39, 0.29) is 0 Å². The molecule has 0 spiro atoms. The van der Waals surface area contributed by atoms with Crippen LogP contribution in [-0.4, -0.2) is 25.8 Å². The molecular weight excluding hydrogens is 210 g/mol. The molecule has 1 saturated heterocycles. The largest absolute Gasteiger partial charge is 0.378 e. The summed E-state index contributed by atoms with van der Waals surface area (Å²) < 4.78 is 6.27. The lowest BCUT2D eigenvalue weighted by molar-refractivity contribution is -0.0492. The molecule has 0 aromatic rings. The molecular formula is C15H29NO. The standard InChI is InChI=1S/C15H29NO/c1-11(2)14-5-4-12(3)8-15(14)17-10-13-6-7-16-9-13/h11-16H,4-10H2,1-3H3. The normalized spacial score (nSPS) is 38.8. The van der Waals surface area contributed by atoms with E-state index in [2.05, 4.69) is 26.1 Å². The fourth-order valence-corrected chi connectivity index (χ4v) is 3.42. The molecule has 2 aliphatic rings. The van der Waals surface area contributed by atoms with Gasteiger partial charge in [-0.15, -0.1) is 0 Å². The van der Waals surface area contributed by atoms with Gasteiger partial charge in [0.15, 0.2) is 0 Å². The molecule has 0 aromatic heterocycles. The van der Waals surface area contributed by atoms with Gasteiger partial charge in [-0.2, -0.15) is 0 Å². The van der Waals surface area contributed by atoms with Gasteiger partial charge < -0.3 is 10.1 Å². The average molecular weight is 239 g/mol. The van der Waals surface area contributed by atoms with Gasteiger partial charge in [-0.1, -0.05) is 27.2 Å². The van der Waals surface area contributed by atoms with E-state index in [1.165, 1.54) is 32.2 Å². The van der Waals surface area contributed by atoms with Crippen LogP contribution in [0.1, 0.15) is 46.5 Å². The molecule has 2 nitrogen and oxygen atoms in total. The van der Waals surface area contributed by atoms with E-state index in [4.69, 9.17) is 4.74 Å². The lowest BCUT2D eigenvalue weighted by atomic mass is 9.75. The van der Waals surface area contributed by atoms with Crippen LogP contribution in [0.3, 0.4) is 0 Å². The number of nitrogens with one attached hydrogen (secondary N) is 1. The Morgan fingerprint density at radius 1 is 1.24 bits per heavy atom. The van der Waals surface area contributed by atoms with Crippen molar-refractivity contribution in [3.05, 3.63) is 0 Å². The molecule has 1 aliphatic heterocycles. The first-order valence-corrected chi connectivity index (χ1v) is 7.49. The van der Waals surface area contributed by atoms with Gasteiger partial charge in [0, 0.05) is 6.54 Å². The first-order valence-electron chi connectivity index (χ1n) is 7.49. The van der Waals surface area contributed by atoms with Gasteiger partial charge >= 0.3 is 0 Å². The minimum atomic E-state index is 0.527. The van der Waals surface area contributed by atoms with Crippen LogP contribution in [0.25, 0.3) is 0 Å². The van der Waals surface area contributed by atoms with Crippen LogP contribution in [0.5, 0.6) is 0 Å². The summed E-state index contributed by atoms with van der Waals surface area (Å²) in [5.74, 6) is 3.19. The van der Waals surface area contributed by atoms with Crippen molar-refractivity contribution < 1.29 is 4.74 Å². The number of hydrogen-bond acceptors (Lipinski definition) is 2. The summed E-state index contributed by atoms with van der Waals surface area (Å²) in [5, 5.41) is 3.42. The van der Waals surface area contributed by atoms with Gasteiger partial charge in [0.05, 0.1) is 12.7 Å². The van der Waals surface area contributed by atoms with Crippen molar-refractivity contribution in [3.63, 3.8) is 0 Å². The Bertz CT molecular complexity index is 223. The summed E-state index contributed by atoms with van der Waals surface area (Å²) in [5.41, 5.74) is 0. The van der Waals surface area contributed by atoms with E-state index in [0.29, 0.717) is 6.10 Å². The molecule has 0 aromatic carbocycles. The Labute approximate surface area is 107 Å². The van der Waals surface area contributed by atoms with Crippen LogP contribution in [0.15, 0.2) is 0 Å². The van der Waals surface area contributed by atoms with Crippen molar-refractivity contribution in [2.75, 3.05) is 19.7 Å². The molecule has 2 fully saturated rings. The third kappa shape index (κ3) is 3.69. The third-order valence-corrected chi connectivity index (χ3v) is 4.67. The predicted molar refractivity (Wildman–Crippen MR) is 72.1 cm³/mol. The molecule has 4 unspecified atom stereocenters. The maximum Gasteiger partial charge on any atom is 0.0608 e. The van der Waals surface area contributed by atoms with Crippen LogP contribution >= 0.6 is 0 Å². The third-order valence-electron chi connectivity index (χ3n) is 4.67. The maximum atomic E-state index is 6.27. The molecule has 1 N–H and O–H groups in total. The fraction of sp³-hybridized carbons (Fsp3) is 1.00. The van der Waals surface area contributed by atoms with Gasteiger partial charge in [0.2, 0.25) is 0 Å². The minimum absolute atomic E-state index is 0.527. The van der Waals surface area contributed by atoms with Crippen LogP contribution in [0, 0.1) is 23.7 Å². The van der Waals surface area contributed by atoms with Crippen molar-refractivity contribution in [1.82, 2.24) is 5.32 Å². The second-order valence-corrected chi connectivity index (χ2v) is 6.56. The summed E-state index contributed by atoms with van der Waals surface area (Å²) in [7, 11) is 0. The Kier molecular flexibility index (Phi) is 4.87. The summed E-state index contributed by atoms with van der Waals surface area (Å²) in [6, 6.07) is 0. The summed E-state index contributed by atoms with van der Waals surface area (Å²) in [6.07, 6.45) is 5.87. The summed E-state index contributed by atoms with van der Waals surface area (Å²) in [6.45, 7) is 10.4. The zero-order chi connectivity index (χ0) is 12.3. The molecule has 0 radical (unpaired) electrons. The fourth-order valence-electron chi connectivity index (χ4n) is 3.42. The molecule has 0 bridgehead atoms. The second kappa shape index (κ2) is 6.19. The predicted octanol–water partition coefficient (Wildman–Crippen LogP) is 3.07. The Balaban J connectivity index is 1.81. The number of ether oxygens (including phenoxy) is 1. The topological polar surface area (TPSA) is 21.3 Å². The number of rotatable bonds is 4. The quantitative estimate of drug-likeness (QED) is 0.814. The van der Waals surface area contributed by atoms with Gasteiger partial charge in [-0.3, -0.25) is 0 Å². The zero-order valence-corrected chi connectivity index (χ0v) is 11.7. The Morgan fingerprint density at radius 2 is 2.06 bits per heavy atom. The van der Waals surface area contributed by atoms with E-state index in [1.54, 1.807) is 0 Å². The van der Waals surface area contributed by atoms with E-state index >= 15 is 0 Å². The van der Waals surface area contributed by atoms with Crippen molar-refractivity contribution >= 4 is 0 Å². The molecule has 0 amide bonds. The van der Waals surface area contributed by atoms with Crippen molar-refractivity contribution in [1.29, 1.82) is 0 Å². The molecule has 1 heterocycles. The Hall–Kier alpha value is -0.0800. The minimum Gasteiger partial charge on any atom is -0.378 e. The summed E-state index contributed by atoms with van der Waals surface area (Å²) >= 11 is 0. The zero-order valence-electron chi connectivity index (χ0n) is 11.7. The SMILES string of the molecule is CC1CCC(C(C)C)C(OCC2CCNC2)C1. The summed E-state index contributed by atoms with van der Waals surface area (Å²) in [4.78, 5) is 0. The molecule has 100 valence electrons. The van der Waals surface area contributed by atoms with Gasteiger partial charge in [0.1, 0.15) is 0 Å². The van der Waals surface area contributed by atoms with Crippen molar-refractivity contribution in [3.8, 4) is 0 Å². The van der Waals surface area contributed by atoms with Gasteiger partial charge in [0.25, 0.3) is 0 Å². The first kappa shape index (κ1) is 13.4. The van der Waals surface area contributed by atoms with E-state index < -0.39 is 0 Å². The highest BCUT2D eigenvalue weighted by atomic mass is 16.5. The van der Waals surface area contributed by atoms with Crippen molar-refractivity contribution in [2.45, 2.75) is 52.6 Å². The molecule has 4 atom stereocenters. The van der Waals surface area contributed by atoms with E-state index in [9.17, 15) is 0 Å². The van der Waals surface area contributed by atoms with Crippen molar-refractivity contribution in [2.24, 2.45) is 23.7 Å². The molecule has 2 heteroatoms. The highest BCUT2D eigenvalue weighted by molar-refractivity contribution is 4.82. The second-order valence-electron chi connectivity index (χ2n) is 6.56. The maximum absolute atomic E-state index is 6.27. The average Bonchev–Trinajstić information content (AvgIpc) is 2.78. The number of hydrogen-bond donors (Lipinski definition) is 1.